The smallest absolute Gasteiger partial charge is 0.490 e. The van der Waals surface area contributed by atoms with Gasteiger partial charge in [-0.15, -0.1) is 0 Å². The van der Waals surface area contributed by atoms with Crippen molar-refractivity contribution in [3.05, 3.63) is 94.8 Å². The largest absolute Gasteiger partial charge is 0.542 e. The predicted molar refractivity (Wildman–Crippen MR) is 200 cm³/mol. The predicted octanol–water partition coefficient (Wildman–Crippen LogP) is 5.35. The molecule has 318 valence electrons. The summed E-state index contributed by atoms with van der Waals surface area (Å²) in [6.45, 7) is 14.8. The lowest BCUT2D eigenvalue weighted by atomic mass is 10.00. The number of carboxylic acids is 2. The van der Waals surface area contributed by atoms with Crippen molar-refractivity contribution in [2.45, 2.75) is 70.6 Å². The summed E-state index contributed by atoms with van der Waals surface area (Å²) in [5, 5.41) is 22.5. The van der Waals surface area contributed by atoms with Gasteiger partial charge in [0.1, 0.15) is 11.8 Å². The van der Waals surface area contributed by atoms with Crippen molar-refractivity contribution in [2.75, 3.05) is 58.9 Å². The Kier molecular flexibility index (Phi) is 16.6. The van der Waals surface area contributed by atoms with E-state index in [1.807, 2.05) is 36.4 Å². The highest BCUT2D eigenvalue weighted by molar-refractivity contribution is 5.94. The number of benzene rings is 3. The molecule has 3 heterocycles. The van der Waals surface area contributed by atoms with Crippen molar-refractivity contribution in [1.82, 2.24) is 20.4 Å². The van der Waals surface area contributed by atoms with Crippen molar-refractivity contribution < 1.29 is 59.8 Å². The first-order valence-corrected chi connectivity index (χ1v) is 19.2. The van der Waals surface area contributed by atoms with Crippen LogP contribution in [0, 0.1) is 5.82 Å². The number of halogens is 7. The summed E-state index contributed by atoms with van der Waals surface area (Å²) in [7, 11) is 0. The number of rotatable bonds is 8. The highest BCUT2D eigenvalue weighted by Crippen LogP contribution is 2.26. The average Bonchev–Trinajstić information content (AvgIpc) is 3.40. The monoisotopic (exact) mass is 825 g/mol. The number of carbonyl (C=O) groups excluding carboxylic acids is 2. The van der Waals surface area contributed by atoms with E-state index < -0.39 is 24.3 Å². The van der Waals surface area contributed by atoms with Crippen LogP contribution in [0.1, 0.15) is 59.7 Å². The van der Waals surface area contributed by atoms with E-state index in [0.717, 1.165) is 56.9 Å². The lowest BCUT2D eigenvalue weighted by Crippen LogP contribution is -2.59. The Balaban J connectivity index is 0.000000456. The standard InChI is InChI=1S/C37H48FN5O.2C2HF3O2/c1-29-26-42(15-14-39-29)28-31-8-6-10-33(22-31)35-24-30(12-13-36(35)38)25-40-37(44)34-11-7-9-32(23-34)27-41-16-20-43(21-17-41)18-4-2-3-5-19-43;2*3-2(4,5)1(6)7/h6-13,22-24,29,39H,2-5,14-21,25-28H2,1H3;2*(H,6,7)/t29-;;/m0../s1. The van der Waals surface area contributed by atoms with Gasteiger partial charge in [0, 0.05) is 69.5 Å². The fraction of sp³-hybridized carbons (Fsp3) is 0.488. The van der Waals surface area contributed by atoms with Crippen LogP contribution >= 0.6 is 0 Å². The van der Waals surface area contributed by atoms with E-state index in [4.69, 9.17) is 19.8 Å². The van der Waals surface area contributed by atoms with E-state index in [9.17, 15) is 31.1 Å². The lowest BCUT2D eigenvalue weighted by molar-refractivity contribution is -0.931. The molecule has 3 aromatic rings. The number of piperazine rings is 2. The maximum absolute atomic E-state index is 15.0. The molecule has 17 heteroatoms. The Hall–Kier alpha value is -4.58. The van der Waals surface area contributed by atoms with Gasteiger partial charge in [0.05, 0.1) is 26.2 Å². The second kappa shape index (κ2) is 20.9. The zero-order valence-corrected chi connectivity index (χ0v) is 32.3. The number of carboxylic acid groups (broad SMARTS) is 2. The normalized spacial score (nSPS) is 18.8. The molecule has 3 fully saturated rings. The summed E-state index contributed by atoms with van der Waals surface area (Å²) >= 11 is 0. The fourth-order valence-electron chi connectivity index (χ4n) is 7.40. The van der Waals surface area contributed by atoms with Crippen LogP contribution < -0.4 is 15.7 Å². The quantitative estimate of drug-likeness (QED) is 0.205. The average molecular weight is 826 g/mol. The van der Waals surface area contributed by atoms with E-state index in [2.05, 4.69) is 45.6 Å². The highest BCUT2D eigenvalue weighted by Gasteiger charge is 2.38. The molecule has 1 atom stereocenters. The molecular formula is C41H50F7N5O5. The molecule has 3 saturated heterocycles. The molecule has 0 aromatic heterocycles. The topological polar surface area (TPSA) is 125 Å². The third kappa shape index (κ3) is 14.7. The van der Waals surface area contributed by atoms with E-state index in [1.54, 1.807) is 6.07 Å². The van der Waals surface area contributed by atoms with Crippen molar-refractivity contribution in [3.8, 4) is 11.1 Å². The van der Waals surface area contributed by atoms with Crippen LogP contribution in [0.3, 0.4) is 0 Å². The fourth-order valence-corrected chi connectivity index (χ4v) is 7.40. The second-order valence-corrected chi connectivity index (χ2v) is 15.0. The summed E-state index contributed by atoms with van der Waals surface area (Å²) in [5.74, 6) is -6.11. The molecule has 58 heavy (non-hydrogen) atoms. The number of carbonyl (C=O) groups is 3. The van der Waals surface area contributed by atoms with Gasteiger partial charge >= 0.3 is 18.3 Å². The third-order valence-electron chi connectivity index (χ3n) is 10.4. The highest BCUT2D eigenvalue weighted by atomic mass is 19.4. The van der Waals surface area contributed by atoms with Crippen LogP contribution in [0.25, 0.3) is 11.1 Å². The molecule has 0 unspecified atom stereocenters. The summed E-state index contributed by atoms with van der Waals surface area (Å²) < 4.78 is 79.6. The lowest BCUT2D eigenvalue weighted by Gasteiger charge is -2.44. The molecule has 1 spiro atoms. The van der Waals surface area contributed by atoms with Gasteiger partial charge in [0.25, 0.3) is 5.91 Å². The van der Waals surface area contributed by atoms with Gasteiger partial charge in [0.15, 0.2) is 0 Å². The minimum atomic E-state index is -5.19. The van der Waals surface area contributed by atoms with Crippen LogP contribution in [0.4, 0.5) is 30.7 Å². The Labute approximate surface area is 333 Å². The van der Waals surface area contributed by atoms with E-state index in [0.29, 0.717) is 23.7 Å². The Bertz CT molecular complexity index is 1800. The van der Waals surface area contributed by atoms with E-state index in [-0.39, 0.29) is 11.7 Å². The minimum absolute atomic E-state index is 0.0994. The van der Waals surface area contributed by atoms with E-state index in [1.165, 1.54) is 73.5 Å². The minimum Gasteiger partial charge on any atom is -0.542 e. The first kappa shape index (κ1) is 46.1. The number of alkyl halides is 6. The molecule has 0 aliphatic carbocycles. The number of amides is 1. The van der Waals surface area contributed by atoms with Gasteiger partial charge in [-0.2, -0.15) is 26.3 Å². The SMILES string of the molecule is C[C@H]1CN(Cc2cccc(-c3cc(CNC(=O)c4cccc(CN5CC[N+]6(CCCCCC6)CC5)c4)ccc3F)c2)CCN1.O=C(O)C(F)(F)F.O=C([O-])C(F)(F)F. The van der Waals surface area contributed by atoms with Crippen molar-refractivity contribution in [3.63, 3.8) is 0 Å². The summed E-state index contributed by atoms with van der Waals surface area (Å²) in [6, 6.07) is 21.8. The van der Waals surface area contributed by atoms with Crippen LogP contribution in [0.2, 0.25) is 0 Å². The van der Waals surface area contributed by atoms with Gasteiger partial charge in [-0.05, 0) is 85.2 Å². The molecule has 1 amide bonds. The Morgan fingerprint density at radius 2 is 1.38 bits per heavy atom. The van der Waals surface area contributed by atoms with Gasteiger partial charge in [-0.3, -0.25) is 14.6 Å². The number of hydrogen-bond acceptors (Lipinski definition) is 7. The van der Waals surface area contributed by atoms with Crippen LogP contribution in [0.5, 0.6) is 0 Å². The molecule has 0 bridgehead atoms. The number of nitrogens with zero attached hydrogens (tertiary/aromatic N) is 3. The molecule has 3 aromatic carbocycles. The number of hydrogen-bond donors (Lipinski definition) is 3. The van der Waals surface area contributed by atoms with Gasteiger partial charge in [0.2, 0.25) is 0 Å². The third-order valence-corrected chi connectivity index (χ3v) is 10.4. The molecule has 0 saturated carbocycles. The van der Waals surface area contributed by atoms with Crippen molar-refractivity contribution in [1.29, 1.82) is 0 Å². The Morgan fingerprint density at radius 3 is 1.97 bits per heavy atom. The van der Waals surface area contributed by atoms with Crippen LogP contribution in [-0.2, 0) is 29.2 Å². The molecule has 0 radical (unpaired) electrons. The molecule has 10 nitrogen and oxygen atoms in total. The molecule has 3 aliphatic heterocycles. The van der Waals surface area contributed by atoms with Gasteiger partial charge in [-0.25, -0.2) is 9.18 Å². The van der Waals surface area contributed by atoms with Crippen molar-refractivity contribution in [2.24, 2.45) is 0 Å². The van der Waals surface area contributed by atoms with Crippen molar-refractivity contribution >= 4 is 17.8 Å². The zero-order chi connectivity index (χ0) is 42.5. The van der Waals surface area contributed by atoms with E-state index >= 15 is 4.39 Å². The maximum Gasteiger partial charge on any atom is 0.490 e. The number of nitrogens with one attached hydrogen (secondary N) is 2. The summed E-state index contributed by atoms with van der Waals surface area (Å²) in [6.07, 6.45) is -4.74. The Morgan fingerprint density at radius 1 is 0.793 bits per heavy atom. The summed E-state index contributed by atoms with van der Waals surface area (Å²) in [5.41, 5.74) is 5.35. The first-order valence-electron chi connectivity index (χ1n) is 19.2. The number of aliphatic carboxylic acids is 2. The molecule has 3 aliphatic rings. The first-order chi connectivity index (χ1) is 27.3. The van der Waals surface area contributed by atoms with Gasteiger partial charge < -0.3 is 30.1 Å². The molecule has 3 N–H and O–H groups in total. The van der Waals surface area contributed by atoms with Crippen LogP contribution in [-0.4, -0.2) is 115 Å². The zero-order valence-electron chi connectivity index (χ0n) is 32.3. The maximum atomic E-state index is 15.0. The summed E-state index contributed by atoms with van der Waals surface area (Å²) in [4.78, 5) is 35.8. The second-order valence-electron chi connectivity index (χ2n) is 15.0. The number of quaternary nitrogens is 1. The molecular weight excluding hydrogens is 775 g/mol. The van der Waals surface area contributed by atoms with Gasteiger partial charge in [-0.1, -0.05) is 36.4 Å². The molecule has 6 rings (SSSR count). The van der Waals surface area contributed by atoms with Crippen LogP contribution in [0.15, 0.2) is 66.7 Å².